The summed E-state index contributed by atoms with van der Waals surface area (Å²) in [6, 6.07) is 8.76. The molecule has 1 aromatic carbocycles. The Morgan fingerprint density at radius 3 is 3.00 bits per heavy atom. The monoisotopic (exact) mass is 364 g/mol. The largest absolute Gasteiger partial charge is 0.347 e. The summed E-state index contributed by atoms with van der Waals surface area (Å²) >= 11 is 0. The van der Waals surface area contributed by atoms with Gasteiger partial charge in [0, 0.05) is 24.7 Å². The lowest BCUT2D eigenvalue weighted by atomic mass is 10.1. The molecule has 4 rings (SSSR count). The molecule has 0 spiro atoms. The van der Waals surface area contributed by atoms with Crippen LogP contribution in [0, 0.1) is 5.82 Å². The number of rotatable bonds is 4. The first-order chi connectivity index (χ1) is 11.7. The van der Waals surface area contributed by atoms with Crippen molar-refractivity contribution in [1.82, 2.24) is 20.4 Å². The van der Waals surface area contributed by atoms with E-state index in [-0.39, 0.29) is 36.1 Å². The average molecular weight is 365 g/mol. The van der Waals surface area contributed by atoms with Crippen LogP contribution in [0.25, 0.3) is 0 Å². The predicted molar refractivity (Wildman–Crippen MR) is 95.6 cm³/mol. The maximum Gasteiger partial charge on any atom is 0.272 e. The van der Waals surface area contributed by atoms with Crippen molar-refractivity contribution in [2.24, 2.45) is 0 Å². The van der Waals surface area contributed by atoms with Gasteiger partial charge in [0.2, 0.25) is 0 Å². The summed E-state index contributed by atoms with van der Waals surface area (Å²) < 4.78 is 15.2. The summed E-state index contributed by atoms with van der Waals surface area (Å²) in [4.78, 5) is 12.4. The first-order valence-electron chi connectivity index (χ1n) is 8.53. The van der Waals surface area contributed by atoms with Crippen molar-refractivity contribution >= 4 is 18.3 Å². The van der Waals surface area contributed by atoms with Crippen molar-refractivity contribution in [3.8, 4) is 0 Å². The van der Waals surface area contributed by atoms with Gasteiger partial charge in [0.1, 0.15) is 11.5 Å². The van der Waals surface area contributed by atoms with Gasteiger partial charge in [-0.25, -0.2) is 4.39 Å². The van der Waals surface area contributed by atoms with Gasteiger partial charge in [0.05, 0.1) is 6.04 Å². The molecule has 1 aromatic heterocycles. The molecule has 0 radical (unpaired) electrons. The van der Waals surface area contributed by atoms with Crippen molar-refractivity contribution in [1.29, 1.82) is 0 Å². The fourth-order valence-electron chi connectivity index (χ4n) is 3.42. The van der Waals surface area contributed by atoms with Crippen molar-refractivity contribution in [3.05, 3.63) is 53.6 Å². The van der Waals surface area contributed by atoms with Gasteiger partial charge in [-0.05, 0) is 49.6 Å². The van der Waals surface area contributed by atoms with Crippen molar-refractivity contribution in [2.45, 2.75) is 37.3 Å². The van der Waals surface area contributed by atoms with Crippen LogP contribution in [-0.2, 0) is 0 Å². The molecule has 5 nitrogen and oxygen atoms in total. The van der Waals surface area contributed by atoms with Gasteiger partial charge in [-0.15, -0.1) is 12.4 Å². The third-order valence-corrected chi connectivity index (χ3v) is 4.87. The fourth-order valence-corrected chi connectivity index (χ4v) is 3.42. The SMILES string of the molecule is Cl.O=C(NC1CC1c1cccc(F)c1)c1ccn(C2CCCNC2)n1. The number of aromatic nitrogens is 2. The molecular formula is C18H22ClFN4O. The molecule has 1 amide bonds. The second kappa shape index (κ2) is 7.54. The highest BCUT2D eigenvalue weighted by Gasteiger charge is 2.40. The molecule has 2 aromatic rings. The van der Waals surface area contributed by atoms with Gasteiger partial charge in [0.15, 0.2) is 0 Å². The molecule has 2 heterocycles. The van der Waals surface area contributed by atoms with Crippen LogP contribution in [0.15, 0.2) is 36.5 Å². The molecule has 1 aliphatic carbocycles. The van der Waals surface area contributed by atoms with Gasteiger partial charge >= 0.3 is 0 Å². The van der Waals surface area contributed by atoms with E-state index in [9.17, 15) is 9.18 Å². The van der Waals surface area contributed by atoms with E-state index in [1.54, 1.807) is 18.2 Å². The van der Waals surface area contributed by atoms with Crippen molar-refractivity contribution in [3.63, 3.8) is 0 Å². The summed E-state index contributed by atoms with van der Waals surface area (Å²) in [5, 5.41) is 10.8. The molecule has 1 saturated heterocycles. The Hall–Kier alpha value is -1.92. The van der Waals surface area contributed by atoms with E-state index < -0.39 is 0 Å². The Labute approximate surface area is 152 Å². The zero-order chi connectivity index (χ0) is 16.5. The number of hydrogen-bond donors (Lipinski definition) is 2. The van der Waals surface area contributed by atoms with Crippen LogP contribution in [-0.4, -0.2) is 34.8 Å². The third-order valence-electron chi connectivity index (χ3n) is 4.87. The third kappa shape index (κ3) is 4.02. The maximum absolute atomic E-state index is 13.3. The minimum absolute atomic E-state index is 0. The van der Waals surface area contributed by atoms with E-state index in [1.807, 2.05) is 16.9 Å². The molecule has 0 bridgehead atoms. The number of hydrogen-bond acceptors (Lipinski definition) is 3. The number of piperidine rings is 1. The molecule has 134 valence electrons. The number of carbonyl (C=O) groups excluding carboxylic acids is 1. The average Bonchev–Trinajstić information content (AvgIpc) is 3.18. The number of nitrogens with one attached hydrogen (secondary N) is 2. The molecule has 2 aliphatic rings. The van der Waals surface area contributed by atoms with E-state index >= 15 is 0 Å². The van der Waals surface area contributed by atoms with Crippen LogP contribution < -0.4 is 10.6 Å². The number of nitrogens with zero attached hydrogens (tertiary/aromatic N) is 2. The van der Waals surface area contributed by atoms with Crippen LogP contribution in [0.2, 0.25) is 0 Å². The van der Waals surface area contributed by atoms with Crippen LogP contribution in [0.4, 0.5) is 4.39 Å². The molecule has 2 fully saturated rings. The smallest absolute Gasteiger partial charge is 0.272 e. The lowest BCUT2D eigenvalue weighted by Crippen LogP contribution is -2.32. The molecule has 3 unspecified atom stereocenters. The summed E-state index contributed by atoms with van der Waals surface area (Å²) in [7, 11) is 0. The predicted octanol–water partition coefficient (Wildman–Crippen LogP) is 2.65. The Morgan fingerprint density at radius 2 is 2.24 bits per heavy atom. The lowest BCUT2D eigenvalue weighted by molar-refractivity contribution is 0.0944. The molecule has 3 atom stereocenters. The second-order valence-corrected chi connectivity index (χ2v) is 6.66. The van der Waals surface area contributed by atoms with E-state index in [2.05, 4.69) is 15.7 Å². The van der Waals surface area contributed by atoms with Gasteiger partial charge in [-0.1, -0.05) is 12.1 Å². The fraction of sp³-hybridized carbons (Fsp3) is 0.444. The molecular weight excluding hydrogens is 343 g/mol. The Kier molecular flexibility index (Phi) is 5.39. The van der Waals surface area contributed by atoms with Gasteiger partial charge in [-0.2, -0.15) is 5.10 Å². The Balaban J connectivity index is 0.00000182. The highest BCUT2D eigenvalue weighted by atomic mass is 35.5. The zero-order valence-corrected chi connectivity index (χ0v) is 14.6. The van der Waals surface area contributed by atoms with Crippen LogP contribution in [0.5, 0.6) is 0 Å². The van der Waals surface area contributed by atoms with Crippen LogP contribution >= 0.6 is 12.4 Å². The highest BCUT2D eigenvalue weighted by Crippen LogP contribution is 2.41. The quantitative estimate of drug-likeness (QED) is 0.876. The molecule has 2 N–H and O–H groups in total. The minimum Gasteiger partial charge on any atom is -0.347 e. The first-order valence-corrected chi connectivity index (χ1v) is 8.53. The second-order valence-electron chi connectivity index (χ2n) is 6.66. The Morgan fingerprint density at radius 1 is 1.36 bits per heavy atom. The van der Waals surface area contributed by atoms with E-state index in [0.29, 0.717) is 11.7 Å². The van der Waals surface area contributed by atoms with Crippen molar-refractivity contribution < 1.29 is 9.18 Å². The highest BCUT2D eigenvalue weighted by molar-refractivity contribution is 5.92. The summed E-state index contributed by atoms with van der Waals surface area (Å²) in [5.74, 6) is -0.181. The van der Waals surface area contributed by atoms with E-state index in [1.165, 1.54) is 6.07 Å². The van der Waals surface area contributed by atoms with E-state index in [4.69, 9.17) is 0 Å². The molecule has 1 saturated carbocycles. The molecule has 7 heteroatoms. The number of halogens is 2. The van der Waals surface area contributed by atoms with E-state index in [0.717, 1.165) is 37.9 Å². The van der Waals surface area contributed by atoms with Gasteiger partial charge in [-0.3, -0.25) is 9.48 Å². The molecule has 25 heavy (non-hydrogen) atoms. The van der Waals surface area contributed by atoms with Crippen LogP contribution in [0.1, 0.15) is 47.3 Å². The standard InChI is InChI=1S/C18H21FN4O.ClH/c19-13-4-1-3-12(9-13)15-10-17(15)21-18(24)16-6-8-23(22-16)14-5-2-7-20-11-14;/h1,3-4,6,8-9,14-15,17,20H,2,5,7,10-11H2,(H,21,24);1H. The normalized spacial score (nSPS) is 25.1. The topological polar surface area (TPSA) is 59.0 Å². The number of amides is 1. The Bertz CT molecular complexity index is 744. The summed E-state index contributed by atoms with van der Waals surface area (Å²) in [6.07, 6.45) is 4.94. The van der Waals surface area contributed by atoms with Gasteiger partial charge < -0.3 is 10.6 Å². The maximum atomic E-state index is 13.3. The zero-order valence-electron chi connectivity index (χ0n) is 13.8. The molecule has 1 aliphatic heterocycles. The minimum atomic E-state index is -0.232. The van der Waals surface area contributed by atoms with Crippen molar-refractivity contribution in [2.75, 3.05) is 13.1 Å². The summed E-state index contributed by atoms with van der Waals surface area (Å²) in [5.41, 5.74) is 1.39. The first kappa shape index (κ1) is 17.9. The number of carbonyl (C=O) groups is 1. The van der Waals surface area contributed by atoms with Crippen LogP contribution in [0.3, 0.4) is 0 Å². The van der Waals surface area contributed by atoms with Gasteiger partial charge in [0.25, 0.3) is 5.91 Å². The number of benzene rings is 1. The summed E-state index contributed by atoms with van der Waals surface area (Å²) in [6.45, 7) is 1.95. The lowest BCUT2D eigenvalue weighted by Gasteiger charge is -2.22.